The zero-order valence-corrected chi connectivity index (χ0v) is 11.5. The van der Waals surface area contributed by atoms with Gasteiger partial charge in [0, 0.05) is 18.0 Å². The van der Waals surface area contributed by atoms with Crippen LogP contribution in [0.2, 0.25) is 0 Å². The van der Waals surface area contributed by atoms with E-state index in [4.69, 9.17) is 16.9 Å². The molecule has 1 amide bonds. The van der Waals surface area contributed by atoms with Crippen molar-refractivity contribution in [1.82, 2.24) is 5.32 Å². The van der Waals surface area contributed by atoms with Crippen molar-refractivity contribution < 1.29 is 4.79 Å². The first-order valence-electron chi connectivity index (χ1n) is 6.59. The third-order valence-corrected chi connectivity index (χ3v) is 4.21. The summed E-state index contributed by atoms with van der Waals surface area (Å²) in [6.07, 6.45) is 3.51. The minimum Gasteiger partial charge on any atom is -0.352 e. The molecule has 0 spiro atoms. The van der Waals surface area contributed by atoms with Gasteiger partial charge < -0.3 is 5.32 Å². The van der Waals surface area contributed by atoms with Gasteiger partial charge in [-0.15, -0.1) is 11.6 Å². The van der Waals surface area contributed by atoms with E-state index in [9.17, 15) is 4.79 Å². The predicted octanol–water partition coefficient (Wildman–Crippen LogP) is 2.94. The molecule has 1 fully saturated rings. The van der Waals surface area contributed by atoms with E-state index < -0.39 is 0 Å². The summed E-state index contributed by atoms with van der Waals surface area (Å²) in [5.74, 6) is 1.63. The van der Waals surface area contributed by atoms with Crippen LogP contribution in [0.5, 0.6) is 0 Å². The summed E-state index contributed by atoms with van der Waals surface area (Å²) in [4.78, 5) is 12.0. The lowest BCUT2D eigenvalue weighted by Gasteiger charge is -2.17. The van der Waals surface area contributed by atoms with Crippen LogP contribution in [0.4, 0.5) is 0 Å². The van der Waals surface area contributed by atoms with Crippen LogP contribution in [0.1, 0.15) is 35.2 Å². The average Bonchev–Trinajstić information content (AvgIpc) is 2.92. The van der Waals surface area contributed by atoms with Crippen LogP contribution in [0.15, 0.2) is 24.3 Å². The zero-order valence-electron chi connectivity index (χ0n) is 10.7. The van der Waals surface area contributed by atoms with Crippen LogP contribution in [0, 0.1) is 23.2 Å². The molecule has 19 heavy (non-hydrogen) atoms. The minimum absolute atomic E-state index is 0.0790. The summed E-state index contributed by atoms with van der Waals surface area (Å²) in [6.45, 7) is 0.691. The third kappa shape index (κ3) is 3.48. The summed E-state index contributed by atoms with van der Waals surface area (Å²) >= 11 is 5.92. The first-order chi connectivity index (χ1) is 9.24. The number of nitriles is 1. The van der Waals surface area contributed by atoms with Gasteiger partial charge in [0.2, 0.25) is 0 Å². The maximum Gasteiger partial charge on any atom is 0.251 e. The molecule has 0 aromatic heterocycles. The van der Waals surface area contributed by atoms with Crippen molar-refractivity contribution in [3.8, 4) is 6.07 Å². The topological polar surface area (TPSA) is 52.9 Å². The van der Waals surface area contributed by atoms with Crippen LogP contribution in [-0.2, 0) is 0 Å². The molecule has 1 aromatic rings. The molecular weight excluding hydrogens is 260 g/mol. The Morgan fingerprint density at radius 3 is 2.63 bits per heavy atom. The molecule has 3 nitrogen and oxygen atoms in total. The van der Waals surface area contributed by atoms with E-state index in [1.807, 2.05) is 6.07 Å². The standard InChI is InChI=1S/C15H17ClN2O/c16-8-13-2-1-3-14(13)10-18-15(19)12-6-4-11(9-17)5-7-12/h4-7,13-14H,1-3,8,10H2,(H,18,19). The third-order valence-electron chi connectivity index (χ3n) is 3.82. The van der Waals surface area contributed by atoms with Crippen molar-refractivity contribution in [2.24, 2.45) is 11.8 Å². The van der Waals surface area contributed by atoms with Gasteiger partial charge in [-0.1, -0.05) is 6.42 Å². The Kier molecular flexibility index (Phi) is 4.81. The van der Waals surface area contributed by atoms with Gasteiger partial charge >= 0.3 is 0 Å². The van der Waals surface area contributed by atoms with Crippen LogP contribution >= 0.6 is 11.6 Å². The van der Waals surface area contributed by atoms with E-state index in [1.165, 1.54) is 12.8 Å². The fourth-order valence-electron chi connectivity index (χ4n) is 2.61. The summed E-state index contributed by atoms with van der Waals surface area (Å²) in [7, 11) is 0. The number of halogens is 1. The zero-order chi connectivity index (χ0) is 13.7. The summed E-state index contributed by atoms with van der Waals surface area (Å²) < 4.78 is 0. The maximum absolute atomic E-state index is 12.0. The molecule has 0 bridgehead atoms. The first kappa shape index (κ1) is 13.9. The van der Waals surface area contributed by atoms with Gasteiger partial charge in [-0.25, -0.2) is 0 Å². The molecule has 0 radical (unpaired) electrons. The van der Waals surface area contributed by atoms with E-state index in [-0.39, 0.29) is 5.91 Å². The Labute approximate surface area is 118 Å². The summed E-state index contributed by atoms with van der Waals surface area (Å²) in [6, 6.07) is 8.72. The largest absolute Gasteiger partial charge is 0.352 e. The molecule has 0 heterocycles. The number of alkyl halides is 1. The predicted molar refractivity (Wildman–Crippen MR) is 75.0 cm³/mol. The monoisotopic (exact) mass is 276 g/mol. The summed E-state index contributed by atoms with van der Waals surface area (Å²) in [5, 5.41) is 11.7. The first-order valence-corrected chi connectivity index (χ1v) is 7.12. The second-order valence-corrected chi connectivity index (χ2v) is 5.31. The van der Waals surface area contributed by atoms with Crippen molar-refractivity contribution >= 4 is 17.5 Å². The smallest absolute Gasteiger partial charge is 0.251 e. The Bertz CT molecular complexity index is 478. The second-order valence-electron chi connectivity index (χ2n) is 5.00. The van der Waals surface area contributed by atoms with Gasteiger partial charge in [-0.3, -0.25) is 4.79 Å². The summed E-state index contributed by atoms with van der Waals surface area (Å²) in [5.41, 5.74) is 1.16. The van der Waals surface area contributed by atoms with Crippen molar-refractivity contribution in [2.45, 2.75) is 19.3 Å². The second kappa shape index (κ2) is 6.58. The Hall–Kier alpha value is -1.53. The molecule has 1 aliphatic carbocycles. The molecule has 1 aromatic carbocycles. The number of carbonyl (C=O) groups is 1. The van der Waals surface area contributed by atoms with E-state index in [1.54, 1.807) is 24.3 Å². The normalized spacial score (nSPS) is 21.9. The minimum atomic E-state index is -0.0790. The fourth-order valence-corrected chi connectivity index (χ4v) is 3.01. The lowest BCUT2D eigenvalue weighted by Crippen LogP contribution is -2.31. The van der Waals surface area contributed by atoms with Crippen molar-refractivity contribution in [1.29, 1.82) is 5.26 Å². The van der Waals surface area contributed by atoms with Gasteiger partial charge in [-0.05, 0) is 48.9 Å². The number of nitrogens with one attached hydrogen (secondary N) is 1. The fraction of sp³-hybridized carbons (Fsp3) is 0.467. The van der Waals surface area contributed by atoms with E-state index >= 15 is 0 Å². The van der Waals surface area contributed by atoms with Crippen LogP contribution in [0.25, 0.3) is 0 Å². The highest BCUT2D eigenvalue weighted by Gasteiger charge is 2.26. The quantitative estimate of drug-likeness (QED) is 0.860. The molecule has 1 saturated carbocycles. The van der Waals surface area contributed by atoms with E-state index in [2.05, 4.69) is 5.32 Å². The molecule has 100 valence electrons. The number of rotatable bonds is 4. The molecule has 0 saturated heterocycles. The van der Waals surface area contributed by atoms with Crippen LogP contribution < -0.4 is 5.32 Å². The number of benzene rings is 1. The van der Waals surface area contributed by atoms with Gasteiger partial charge in [0.05, 0.1) is 11.6 Å². The SMILES string of the molecule is N#Cc1ccc(C(=O)NCC2CCCC2CCl)cc1. The van der Waals surface area contributed by atoms with Gasteiger partial charge in [-0.2, -0.15) is 5.26 Å². The molecule has 4 heteroatoms. The Morgan fingerprint density at radius 2 is 2.00 bits per heavy atom. The van der Waals surface area contributed by atoms with Gasteiger partial charge in [0.15, 0.2) is 0 Å². The van der Waals surface area contributed by atoms with E-state index in [0.29, 0.717) is 35.4 Å². The highest BCUT2D eigenvalue weighted by atomic mass is 35.5. The molecular formula is C15H17ClN2O. The molecule has 1 N–H and O–H groups in total. The van der Waals surface area contributed by atoms with Crippen molar-refractivity contribution in [3.05, 3.63) is 35.4 Å². The van der Waals surface area contributed by atoms with Crippen LogP contribution in [0.3, 0.4) is 0 Å². The average molecular weight is 277 g/mol. The maximum atomic E-state index is 12.0. The lowest BCUT2D eigenvalue weighted by molar-refractivity contribution is 0.0944. The molecule has 2 rings (SSSR count). The Morgan fingerprint density at radius 1 is 1.32 bits per heavy atom. The van der Waals surface area contributed by atoms with Crippen molar-refractivity contribution in [2.75, 3.05) is 12.4 Å². The highest BCUT2D eigenvalue weighted by Crippen LogP contribution is 2.31. The van der Waals surface area contributed by atoms with Crippen LogP contribution in [-0.4, -0.2) is 18.3 Å². The molecule has 1 aliphatic rings. The van der Waals surface area contributed by atoms with Gasteiger partial charge in [0.25, 0.3) is 5.91 Å². The number of nitrogens with zero attached hydrogens (tertiary/aromatic N) is 1. The number of amides is 1. The Balaban J connectivity index is 1.88. The number of hydrogen-bond acceptors (Lipinski definition) is 2. The number of hydrogen-bond donors (Lipinski definition) is 1. The highest BCUT2D eigenvalue weighted by molar-refractivity contribution is 6.18. The van der Waals surface area contributed by atoms with Crippen molar-refractivity contribution in [3.63, 3.8) is 0 Å². The molecule has 0 aliphatic heterocycles. The molecule has 2 atom stereocenters. The lowest BCUT2D eigenvalue weighted by atomic mass is 9.98. The molecule has 2 unspecified atom stereocenters. The van der Waals surface area contributed by atoms with Gasteiger partial charge in [0.1, 0.15) is 0 Å². The number of carbonyl (C=O) groups excluding carboxylic acids is 1. The van der Waals surface area contributed by atoms with E-state index in [0.717, 1.165) is 6.42 Å².